The molecule has 0 radical (unpaired) electrons. The molecule has 0 bridgehead atoms. The lowest BCUT2D eigenvalue weighted by atomic mass is 9.76. The Labute approximate surface area is 493 Å². The van der Waals surface area contributed by atoms with Gasteiger partial charge in [-0.05, 0) is 34.4 Å². The predicted molar refractivity (Wildman–Crippen MR) is 318 cm³/mol. The van der Waals surface area contributed by atoms with Crippen molar-refractivity contribution in [2.45, 2.75) is 37.3 Å². The van der Waals surface area contributed by atoms with Crippen LogP contribution in [-0.2, 0) is 75.4 Å². The highest BCUT2D eigenvalue weighted by Gasteiger charge is 2.63. The van der Waals surface area contributed by atoms with E-state index in [-0.39, 0.29) is 80.0 Å². The molecular weight excluding hydrogens is 1150 g/mol. The van der Waals surface area contributed by atoms with Crippen molar-refractivity contribution in [3.8, 4) is 35.8 Å². The molecular formula is C62H38N6O10S5. The van der Waals surface area contributed by atoms with Gasteiger partial charge in [-0.25, -0.2) is 9.98 Å². The average Bonchev–Trinajstić information content (AvgIpc) is 1.67. The molecule has 0 amide bonds. The van der Waals surface area contributed by atoms with E-state index < -0.39 is 46.1 Å². The fourth-order valence-corrected chi connectivity index (χ4v) is 16.6. The molecule has 11 rings (SSSR count). The minimum absolute atomic E-state index is 0.115. The topological polar surface area (TPSA) is 244 Å². The monoisotopic (exact) mass is 1190 g/mol. The van der Waals surface area contributed by atoms with Crippen molar-refractivity contribution in [2.75, 3.05) is 14.2 Å². The Bertz CT molecular complexity index is 3970. The van der Waals surface area contributed by atoms with Gasteiger partial charge in [-0.15, -0.1) is 56.7 Å². The van der Waals surface area contributed by atoms with Gasteiger partial charge < -0.3 is 28.4 Å². The zero-order chi connectivity index (χ0) is 57.8. The van der Waals surface area contributed by atoms with E-state index in [2.05, 4.69) is 9.98 Å². The Balaban J connectivity index is 1.17. The summed E-state index contributed by atoms with van der Waals surface area (Å²) in [5.74, 6) is -3.63. The van der Waals surface area contributed by atoms with E-state index in [4.69, 9.17) is 28.4 Å². The molecule has 2 aliphatic rings. The zero-order valence-electron chi connectivity index (χ0n) is 43.5. The SMILES string of the molecule is COc1cc(N=C(C#N)C#N)sc1C1=Cc2sc3c(sc4c5c(sc43)C=C(c3sc(N=C(C#N)C#N)cc3OC)C5(C(=O)OCc3ccccc3)C(=O)OCc3ccccc3)c2C1(C(=O)OCc1ccccc1)C(=O)OCc1ccccc1. The standard InChI is InChI=1S/C62H38N6O10S5/c1-73-43-25-47(67-39(27-63)28-64)81-51(43)41-23-45-49(61(41,57(69)75-31-35-15-7-3-8-16-35)58(70)76-32-36-17-9-4-10-18-36)53-55(79-45)56-54(83-53)50-46(80-56)24-42(52-44(74-2)26-48(82-52)68-40(29-65)30-66)62(50,59(71)77-33-37-19-11-5-12-20-37)60(72)78-34-38-21-13-6-14-22-38/h3-26H,31-34H2,1-2H3. The van der Waals surface area contributed by atoms with Crippen molar-refractivity contribution >= 4 is 144 Å². The van der Waals surface area contributed by atoms with Crippen LogP contribution in [-0.4, -0.2) is 49.5 Å². The van der Waals surface area contributed by atoms with Crippen molar-refractivity contribution < 1.29 is 47.6 Å². The molecule has 2 aliphatic carbocycles. The number of esters is 4. The van der Waals surface area contributed by atoms with E-state index in [1.807, 2.05) is 24.3 Å². The molecule has 406 valence electrons. The number of aliphatic imine (C=N–C) groups is 2. The zero-order valence-corrected chi connectivity index (χ0v) is 47.6. The Morgan fingerprint density at radius 1 is 0.434 bits per heavy atom. The second-order valence-corrected chi connectivity index (χ2v) is 23.5. The number of carbonyl (C=O) groups is 4. The maximum Gasteiger partial charge on any atom is 0.333 e. The van der Waals surface area contributed by atoms with Crippen LogP contribution in [0.25, 0.3) is 42.1 Å². The fourth-order valence-electron chi connectivity index (χ4n) is 9.82. The molecule has 0 unspecified atom stereocenters. The Morgan fingerprint density at radius 3 is 1.01 bits per heavy atom. The summed E-state index contributed by atoms with van der Waals surface area (Å²) in [6, 6.07) is 45.8. The summed E-state index contributed by atoms with van der Waals surface area (Å²) in [6.07, 6.45) is 3.42. The number of rotatable bonds is 18. The minimum Gasteiger partial charge on any atom is -0.495 e. The van der Waals surface area contributed by atoms with Crippen LogP contribution in [0.2, 0.25) is 0 Å². The van der Waals surface area contributed by atoms with Gasteiger partial charge in [0.25, 0.3) is 0 Å². The number of fused-ring (bicyclic) bond motifs is 7. The van der Waals surface area contributed by atoms with Gasteiger partial charge in [-0.1, -0.05) is 121 Å². The summed E-state index contributed by atoms with van der Waals surface area (Å²) in [7, 11) is 2.80. The van der Waals surface area contributed by atoms with Crippen molar-refractivity contribution in [1.29, 1.82) is 21.0 Å². The van der Waals surface area contributed by atoms with E-state index >= 15 is 19.2 Å². The molecule has 16 nitrogen and oxygen atoms in total. The second-order valence-electron chi connectivity index (χ2n) is 18.3. The molecule has 0 saturated carbocycles. The molecule has 4 aromatic carbocycles. The molecule has 5 heterocycles. The number of carbonyl (C=O) groups excluding carboxylic acids is 4. The van der Waals surface area contributed by atoms with E-state index in [0.29, 0.717) is 50.8 Å². The van der Waals surface area contributed by atoms with Crippen LogP contribution >= 0.6 is 56.7 Å². The minimum atomic E-state index is -2.41. The maximum absolute atomic E-state index is 15.8. The van der Waals surface area contributed by atoms with Crippen molar-refractivity contribution in [2.24, 2.45) is 9.98 Å². The number of nitriles is 4. The molecule has 0 saturated heterocycles. The van der Waals surface area contributed by atoms with E-state index in [9.17, 15) is 21.0 Å². The number of benzene rings is 4. The molecule has 21 heteroatoms. The van der Waals surface area contributed by atoms with E-state index in [0.717, 1.165) is 34.0 Å². The fraction of sp³-hybridized carbons (Fsp3) is 0.129. The first-order valence-electron chi connectivity index (χ1n) is 25.0. The number of methoxy groups -OCH3 is 2. The van der Waals surface area contributed by atoms with Gasteiger partial charge >= 0.3 is 23.9 Å². The van der Waals surface area contributed by atoms with Gasteiger partial charge in [-0.2, -0.15) is 21.0 Å². The largest absolute Gasteiger partial charge is 0.495 e. The molecule has 0 aliphatic heterocycles. The molecule has 0 spiro atoms. The first kappa shape index (κ1) is 55.1. The van der Waals surface area contributed by atoms with Crippen LogP contribution in [0.4, 0.5) is 10.0 Å². The van der Waals surface area contributed by atoms with Gasteiger partial charge in [0, 0.05) is 44.2 Å². The van der Waals surface area contributed by atoms with Crippen molar-refractivity contribution in [3.63, 3.8) is 0 Å². The molecule has 5 aromatic heterocycles. The van der Waals surface area contributed by atoms with Crippen LogP contribution in [0, 0.1) is 45.3 Å². The number of thiophene rings is 5. The summed E-state index contributed by atoms with van der Waals surface area (Å²) in [6.45, 7) is -0.993. The lowest BCUT2D eigenvalue weighted by molar-refractivity contribution is -0.164. The Morgan fingerprint density at radius 2 is 0.735 bits per heavy atom. The van der Waals surface area contributed by atoms with Gasteiger partial charge in [-0.3, -0.25) is 19.2 Å². The molecule has 83 heavy (non-hydrogen) atoms. The highest BCUT2D eigenvalue weighted by molar-refractivity contribution is 7.39. The highest BCUT2D eigenvalue weighted by Crippen LogP contribution is 2.64. The first-order chi connectivity index (χ1) is 40.5. The third kappa shape index (κ3) is 9.82. The van der Waals surface area contributed by atoms with Gasteiger partial charge in [0.1, 0.15) is 72.2 Å². The van der Waals surface area contributed by atoms with Crippen LogP contribution in [0.15, 0.2) is 143 Å². The number of hydrogen-bond acceptors (Lipinski definition) is 21. The second kappa shape index (κ2) is 23.3. The third-order valence-corrected chi connectivity index (χ3v) is 19.6. The summed E-state index contributed by atoms with van der Waals surface area (Å²) < 4.78 is 39.0. The van der Waals surface area contributed by atoms with Gasteiger partial charge in [0.05, 0.1) is 42.8 Å². The smallest absolute Gasteiger partial charge is 0.333 e. The number of nitrogens with zero attached hydrogens (tertiary/aromatic N) is 6. The molecule has 0 N–H and O–H groups in total. The summed E-state index contributed by atoms with van der Waals surface area (Å²) in [5.41, 5.74) is -2.54. The Hall–Kier alpha value is -9.84. The van der Waals surface area contributed by atoms with Gasteiger partial charge in [0.15, 0.2) is 0 Å². The van der Waals surface area contributed by atoms with Crippen molar-refractivity contribution in [1.82, 2.24) is 0 Å². The first-order valence-corrected chi connectivity index (χ1v) is 29.0. The van der Waals surface area contributed by atoms with Gasteiger partial charge in [0.2, 0.25) is 22.3 Å². The van der Waals surface area contributed by atoms with Crippen LogP contribution in [0.3, 0.4) is 0 Å². The normalized spacial score (nSPS) is 13.1. The predicted octanol–water partition coefficient (Wildman–Crippen LogP) is 13.1. The van der Waals surface area contributed by atoms with Crippen LogP contribution < -0.4 is 9.47 Å². The molecule has 0 fully saturated rings. The summed E-state index contributed by atoms with van der Waals surface area (Å²) in [4.78, 5) is 73.3. The Kier molecular flexibility index (Phi) is 15.5. The summed E-state index contributed by atoms with van der Waals surface area (Å²) in [5, 5.41) is 39.1. The van der Waals surface area contributed by atoms with E-state index in [1.54, 1.807) is 133 Å². The maximum atomic E-state index is 15.8. The van der Waals surface area contributed by atoms with Crippen LogP contribution in [0.1, 0.15) is 52.9 Å². The summed E-state index contributed by atoms with van der Waals surface area (Å²) >= 11 is 5.66. The quantitative estimate of drug-likeness (QED) is 0.0336. The number of hydrogen-bond donors (Lipinski definition) is 0. The van der Waals surface area contributed by atoms with Crippen molar-refractivity contribution in [3.05, 3.63) is 186 Å². The number of ether oxygens (including phenoxy) is 6. The lowest BCUT2D eigenvalue weighted by Gasteiger charge is -2.29. The average molecular weight is 1190 g/mol. The molecule has 0 atom stereocenters. The highest BCUT2D eigenvalue weighted by atomic mass is 32.1. The van der Waals surface area contributed by atoms with E-state index in [1.165, 1.54) is 49.0 Å². The third-order valence-electron chi connectivity index (χ3n) is 13.5. The molecule has 9 aromatic rings. The lowest BCUT2D eigenvalue weighted by Crippen LogP contribution is -2.46. The van der Waals surface area contributed by atoms with Crippen LogP contribution in [0.5, 0.6) is 11.5 Å².